The van der Waals surface area contributed by atoms with E-state index in [1.807, 2.05) is 0 Å². The lowest BCUT2D eigenvalue weighted by Gasteiger charge is -2.19. The highest BCUT2D eigenvalue weighted by Crippen LogP contribution is 2.24. The molecule has 1 atom stereocenters. The summed E-state index contributed by atoms with van der Waals surface area (Å²) in [6, 6.07) is 2.55. The second kappa shape index (κ2) is 4.53. The third-order valence-electron chi connectivity index (χ3n) is 1.43. The lowest BCUT2D eigenvalue weighted by atomic mass is 10.1. The van der Waals surface area contributed by atoms with Crippen molar-refractivity contribution in [1.82, 2.24) is 4.72 Å². The van der Waals surface area contributed by atoms with Gasteiger partial charge < -0.3 is 4.55 Å². The summed E-state index contributed by atoms with van der Waals surface area (Å²) in [7, 11) is -3.64. The highest BCUT2D eigenvalue weighted by molar-refractivity contribution is 7.92. The molecule has 0 bridgehead atoms. The van der Waals surface area contributed by atoms with E-state index in [0.717, 1.165) is 11.3 Å². The average Bonchev–Trinajstić information content (AvgIpc) is 2.46. The van der Waals surface area contributed by atoms with E-state index in [-0.39, 0.29) is 8.42 Å². The number of hydrogen-bond donors (Lipinski definition) is 1. The zero-order chi connectivity index (χ0) is 12.6. The molecular weight excluding hydrogens is 270 g/mol. The van der Waals surface area contributed by atoms with Crippen molar-refractivity contribution in [2.24, 2.45) is 0 Å². The molecule has 0 radical (unpaired) electrons. The number of thiophene rings is 1. The number of sulfonamides is 1. The van der Waals surface area contributed by atoms with Gasteiger partial charge in [0, 0.05) is 5.54 Å². The molecule has 0 saturated heterocycles. The first-order valence-electron chi connectivity index (χ1n) is 4.35. The molecule has 5 nitrogen and oxygen atoms in total. The molecule has 0 aliphatic heterocycles. The van der Waals surface area contributed by atoms with Crippen LogP contribution in [-0.2, 0) is 21.1 Å². The van der Waals surface area contributed by atoms with E-state index < -0.39 is 26.6 Å². The van der Waals surface area contributed by atoms with Crippen LogP contribution in [-0.4, -0.2) is 22.7 Å². The molecule has 1 aromatic heterocycles. The molecule has 8 heteroatoms. The molecule has 1 heterocycles. The van der Waals surface area contributed by atoms with Gasteiger partial charge in [-0.25, -0.2) is 13.1 Å². The number of hydrogen-bond acceptors (Lipinski definition) is 5. The second-order valence-electron chi connectivity index (χ2n) is 4.16. The topological polar surface area (TPSA) is 86.3 Å². The molecule has 0 aliphatic rings. The van der Waals surface area contributed by atoms with Crippen molar-refractivity contribution in [2.45, 2.75) is 34.7 Å². The Hall–Kier alpha value is -0.280. The van der Waals surface area contributed by atoms with Crippen LogP contribution in [0.25, 0.3) is 0 Å². The van der Waals surface area contributed by atoms with E-state index in [9.17, 15) is 17.2 Å². The maximum absolute atomic E-state index is 11.8. The van der Waals surface area contributed by atoms with Gasteiger partial charge in [-0.05, 0) is 44.0 Å². The molecule has 92 valence electrons. The van der Waals surface area contributed by atoms with Crippen molar-refractivity contribution >= 4 is 32.4 Å². The predicted octanol–water partition coefficient (Wildman–Crippen LogP) is 1.06. The molecule has 16 heavy (non-hydrogen) atoms. The van der Waals surface area contributed by atoms with Crippen LogP contribution in [0.4, 0.5) is 0 Å². The van der Waals surface area contributed by atoms with Gasteiger partial charge in [0.05, 0.1) is 4.21 Å². The van der Waals surface area contributed by atoms with Gasteiger partial charge in [-0.1, -0.05) is 0 Å². The SMILES string of the molecule is CC(C)(C)NS(=O)(=O)c1ccc(S(=O)[O-])s1. The minimum atomic E-state index is -3.64. The molecule has 1 aromatic rings. The lowest BCUT2D eigenvalue weighted by Crippen LogP contribution is -2.40. The van der Waals surface area contributed by atoms with Crippen molar-refractivity contribution in [3.63, 3.8) is 0 Å². The largest absolute Gasteiger partial charge is 0.768 e. The van der Waals surface area contributed by atoms with Crippen molar-refractivity contribution in [1.29, 1.82) is 0 Å². The Morgan fingerprint density at radius 1 is 1.38 bits per heavy atom. The minimum Gasteiger partial charge on any atom is -0.768 e. The third kappa shape index (κ3) is 3.63. The Morgan fingerprint density at radius 2 is 1.94 bits per heavy atom. The van der Waals surface area contributed by atoms with Gasteiger partial charge in [0.15, 0.2) is 0 Å². The molecule has 0 aliphatic carbocycles. The van der Waals surface area contributed by atoms with Crippen LogP contribution in [0.2, 0.25) is 0 Å². The Morgan fingerprint density at radius 3 is 2.31 bits per heavy atom. The molecule has 0 amide bonds. The van der Waals surface area contributed by atoms with E-state index in [0.29, 0.717) is 0 Å². The van der Waals surface area contributed by atoms with Crippen LogP contribution in [0.5, 0.6) is 0 Å². The quantitative estimate of drug-likeness (QED) is 0.840. The fraction of sp³-hybridized carbons (Fsp3) is 0.500. The van der Waals surface area contributed by atoms with Gasteiger partial charge in [-0.3, -0.25) is 4.21 Å². The van der Waals surface area contributed by atoms with Crippen molar-refractivity contribution in [3.8, 4) is 0 Å². The molecule has 1 N–H and O–H groups in total. The van der Waals surface area contributed by atoms with Crippen LogP contribution in [0.3, 0.4) is 0 Å². The average molecular weight is 282 g/mol. The Kier molecular flexibility index (Phi) is 3.91. The lowest BCUT2D eigenvalue weighted by molar-refractivity contribution is 0.492. The van der Waals surface area contributed by atoms with Gasteiger partial charge in [0.2, 0.25) is 0 Å². The van der Waals surface area contributed by atoms with Crippen molar-refractivity contribution < 1.29 is 17.2 Å². The highest BCUT2D eigenvalue weighted by atomic mass is 32.3. The Bertz CT molecular complexity index is 498. The minimum absolute atomic E-state index is 0.00150. The summed E-state index contributed by atoms with van der Waals surface area (Å²) >= 11 is -1.66. The first-order valence-corrected chi connectivity index (χ1v) is 7.72. The molecule has 0 spiro atoms. The smallest absolute Gasteiger partial charge is 0.250 e. The fourth-order valence-electron chi connectivity index (χ4n) is 0.991. The van der Waals surface area contributed by atoms with E-state index in [1.165, 1.54) is 12.1 Å². The zero-order valence-corrected chi connectivity index (χ0v) is 11.5. The van der Waals surface area contributed by atoms with Gasteiger partial charge in [0.1, 0.15) is 4.21 Å². The number of nitrogens with one attached hydrogen (secondary N) is 1. The fourth-order valence-corrected chi connectivity index (χ4v) is 4.33. The maximum Gasteiger partial charge on any atom is 0.250 e. The van der Waals surface area contributed by atoms with Crippen LogP contribution < -0.4 is 4.72 Å². The van der Waals surface area contributed by atoms with Crippen molar-refractivity contribution in [3.05, 3.63) is 12.1 Å². The molecule has 0 aromatic carbocycles. The summed E-state index contributed by atoms with van der Waals surface area (Å²) in [6.07, 6.45) is 0. The monoisotopic (exact) mass is 282 g/mol. The third-order valence-corrected chi connectivity index (χ3v) is 5.68. The summed E-state index contributed by atoms with van der Waals surface area (Å²) in [5.41, 5.74) is -0.598. The van der Waals surface area contributed by atoms with Gasteiger partial charge >= 0.3 is 0 Å². The molecule has 1 rings (SSSR count). The summed E-state index contributed by atoms with van der Waals surface area (Å²) in [5, 5.41) is 0. The van der Waals surface area contributed by atoms with Crippen LogP contribution in [0.1, 0.15) is 20.8 Å². The summed E-state index contributed by atoms with van der Waals surface area (Å²) in [5.74, 6) is 0. The van der Waals surface area contributed by atoms with E-state index in [4.69, 9.17) is 0 Å². The molecule has 0 fully saturated rings. The molecule has 0 saturated carbocycles. The first kappa shape index (κ1) is 13.8. The molecule has 1 unspecified atom stereocenters. The van der Waals surface area contributed by atoms with Gasteiger partial charge in [-0.2, -0.15) is 0 Å². The zero-order valence-electron chi connectivity index (χ0n) is 9.01. The van der Waals surface area contributed by atoms with Crippen LogP contribution in [0, 0.1) is 0 Å². The molecular formula is C8H12NO4S3-. The Balaban J connectivity index is 3.04. The Labute approximate surface area is 101 Å². The second-order valence-corrected chi connectivity index (χ2v) is 8.32. The normalized spacial score (nSPS) is 15.0. The summed E-state index contributed by atoms with van der Waals surface area (Å²) < 4.78 is 47.3. The predicted molar refractivity (Wildman–Crippen MR) is 61.6 cm³/mol. The maximum atomic E-state index is 11.8. The van der Waals surface area contributed by atoms with Gasteiger partial charge in [-0.15, -0.1) is 11.3 Å². The highest BCUT2D eigenvalue weighted by Gasteiger charge is 2.23. The van der Waals surface area contributed by atoms with Crippen LogP contribution in [0.15, 0.2) is 20.6 Å². The van der Waals surface area contributed by atoms with E-state index >= 15 is 0 Å². The van der Waals surface area contributed by atoms with Crippen molar-refractivity contribution in [2.75, 3.05) is 0 Å². The first-order chi connectivity index (χ1) is 7.12. The standard InChI is InChI=1S/C8H13NO4S3/c1-8(2,3)9-16(12,13)7-5-4-6(14-7)15(10)11/h4-5,9H,1-3H3,(H,10,11)/p-1. The van der Waals surface area contributed by atoms with E-state index in [1.54, 1.807) is 20.8 Å². The summed E-state index contributed by atoms with van der Waals surface area (Å²) in [6.45, 7) is 5.14. The van der Waals surface area contributed by atoms with Crippen LogP contribution >= 0.6 is 11.3 Å². The number of rotatable bonds is 3. The summed E-state index contributed by atoms with van der Waals surface area (Å²) in [4.78, 5) is 0. The van der Waals surface area contributed by atoms with Gasteiger partial charge in [0.25, 0.3) is 10.0 Å². The van der Waals surface area contributed by atoms with E-state index in [2.05, 4.69) is 4.72 Å².